The first kappa shape index (κ1) is 15.6. The smallest absolute Gasteiger partial charge is 0.320 e. The van der Waals surface area contributed by atoms with Crippen LogP contribution in [0.25, 0.3) is 0 Å². The van der Waals surface area contributed by atoms with Crippen molar-refractivity contribution in [2.75, 3.05) is 0 Å². The molecule has 0 aliphatic heterocycles. The lowest BCUT2D eigenvalue weighted by molar-refractivity contribution is -0.138. The average molecular weight is 203 g/mol. The minimum Gasteiger partial charge on any atom is -0.480 e. The van der Waals surface area contributed by atoms with Gasteiger partial charge in [0, 0.05) is 12.3 Å². The Morgan fingerprint density at radius 2 is 1.71 bits per heavy atom. The number of hydrogen-bond acceptors (Lipinski definition) is 3. The van der Waals surface area contributed by atoms with Crippen molar-refractivity contribution in [1.29, 1.82) is 0 Å². The van der Waals surface area contributed by atoms with Gasteiger partial charge in [0.05, 0.1) is 0 Å². The van der Waals surface area contributed by atoms with Crippen LogP contribution in [0.4, 0.5) is 0 Å². The van der Waals surface area contributed by atoms with Gasteiger partial charge in [-0.2, -0.15) is 0 Å². The summed E-state index contributed by atoms with van der Waals surface area (Å²) in [5.74, 6) is -1.02. The van der Waals surface area contributed by atoms with Crippen molar-refractivity contribution >= 4 is 11.8 Å². The van der Waals surface area contributed by atoms with Gasteiger partial charge in [0.15, 0.2) is 0 Å². The van der Waals surface area contributed by atoms with Gasteiger partial charge >= 0.3 is 5.97 Å². The van der Waals surface area contributed by atoms with Crippen LogP contribution in [-0.4, -0.2) is 22.9 Å². The fourth-order valence-corrected chi connectivity index (χ4v) is 0.710. The summed E-state index contributed by atoms with van der Waals surface area (Å²) in [5.41, 5.74) is 5.21. The molecule has 0 aliphatic rings. The van der Waals surface area contributed by atoms with Crippen molar-refractivity contribution < 1.29 is 14.7 Å². The molecule has 0 heterocycles. The van der Waals surface area contributed by atoms with E-state index in [9.17, 15) is 9.59 Å². The quantitative estimate of drug-likeness (QED) is 0.708. The summed E-state index contributed by atoms with van der Waals surface area (Å²) in [5, 5.41) is 8.40. The molecule has 14 heavy (non-hydrogen) atoms. The molecule has 0 saturated carbocycles. The monoisotopic (exact) mass is 203 g/mol. The molecule has 0 radical (unpaired) electrons. The molecule has 1 unspecified atom stereocenters. The Labute approximate surface area is 85.5 Å². The van der Waals surface area contributed by atoms with Gasteiger partial charge in [-0.3, -0.25) is 9.59 Å². The number of carboxylic acids is 1. The van der Waals surface area contributed by atoms with E-state index < -0.39 is 12.0 Å². The van der Waals surface area contributed by atoms with Crippen LogP contribution in [0.5, 0.6) is 0 Å². The normalized spacial score (nSPS) is 11.6. The van der Waals surface area contributed by atoms with E-state index in [1.54, 1.807) is 13.8 Å². The molecule has 0 rings (SSSR count). The zero-order valence-corrected chi connectivity index (χ0v) is 9.41. The second-order valence-corrected chi connectivity index (χ2v) is 3.10. The first-order chi connectivity index (χ1) is 6.45. The lowest BCUT2D eigenvalue weighted by atomic mass is 10.0. The zero-order chi connectivity index (χ0) is 11.7. The molecule has 0 bridgehead atoms. The maximum absolute atomic E-state index is 11.0. The number of carbonyl (C=O) groups excluding carboxylic acids is 1. The van der Waals surface area contributed by atoms with Crippen LogP contribution < -0.4 is 5.73 Å². The van der Waals surface area contributed by atoms with Crippen molar-refractivity contribution in [2.45, 2.75) is 46.6 Å². The van der Waals surface area contributed by atoms with Gasteiger partial charge in [0.25, 0.3) is 0 Å². The first-order valence-electron chi connectivity index (χ1n) is 4.96. The second kappa shape index (κ2) is 8.69. The molecule has 0 aromatic carbocycles. The number of ketones is 1. The molecule has 0 spiro atoms. The molecule has 0 aliphatic carbocycles. The molecule has 0 saturated heterocycles. The first-order valence-corrected chi connectivity index (χ1v) is 4.96. The van der Waals surface area contributed by atoms with Crippen molar-refractivity contribution in [3.63, 3.8) is 0 Å². The lowest BCUT2D eigenvalue weighted by Gasteiger charge is -2.06. The molecule has 4 heteroatoms. The predicted octanol–water partition coefficient (Wildman–Crippen LogP) is 1.43. The highest BCUT2D eigenvalue weighted by Crippen LogP contribution is 2.03. The highest BCUT2D eigenvalue weighted by molar-refractivity contribution is 5.81. The Morgan fingerprint density at radius 3 is 2.00 bits per heavy atom. The van der Waals surface area contributed by atoms with E-state index in [0.29, 0.717) is 0 Å². The number of carboxylic acid groups (broad SMARTS) is 1. The second-order valence-electron chi connectivity index (χ2n) is 3.10. The number of carbonyl (C=O) groups is 2. The Kier molecular flexibility index (Phi) is 9.66. The summed E-state index contributed by atoms with van der Waals surface area (Å²) in [6.45, 7) is 7.57. The van der Waals surface area contributed by atoms with Crippen molar-refractivity contribution in [2.24, 2.45) is 11.7 Å². The summed E-state index contributed by atoms with van der Waals surface area (Å²) in [4.78, 5) is 21.3. The predicted molar refractivity (Wildman–Crippen MR) is 56.0 cm³/mol. The lowest BCUT2D eigenvalue weighted by Crippen LogP contribution is -2.30. The van der Waals surface area contributed by atoms with Crippen LogP contribution in [0.3, 0.4) is 0 Å². The van der Waals surface area contributed by atoms with Gasteiger partial charge < -0.3 is 10.8 Å². The fraction of sp³-hybridized carbons (Fsp3) is 0.800. The SMILES string of the molecule is CC.CC(C)C(=O)CCC(N)C(=O)O. The fourth-order valence-electron chi connectivity index (χ4n) is 0.710. The van der Waals surface area contributed by atoms with Gasteiger partial charge in [-0.05, 0) is 6.42 Å². The van der Waals surface area contributed by atoms with Crippen LogP contribution in [0.2, 0.25) is 0 Å². The van der Waals surface area contributed by atoms with Crippen LogP contribution in [0, 0.1) is 5.92 Å². The summed E-state index contributed by atoms with van der Waals surface area (Å²) >= 11 is 0. The molecular weight excluding hydrogens is 182 g/mol. The Hall–Kier alpha value is -0.900. The van der Waals surface area contributed by atoms with Crippen LogP contribution in [-0.2, 0) is 9.59 Å². The van der Waals surface area contributed by atoms with E-state index in [1.807, 2.05) is 13.8 Å². The number of aliphatic carboxylic acids is 1. The molecule has 84 valence electrons. The molecule has 0 aromatic heterocycles. The van der Waals surface area contributed by atoms with Gasteiger partial charge in [-0.25, -0.2) is 0 Å². The molecule has 4 nitrogen and oxygen atoms in total. The topological polar surface area (TPSA) is 80.4 Å². The third-order valence-electron chi connectivity index (χ3n) is 1.66. The third-order valence-corrected chi connectivity index (χ3v) is 1.66. The number of Topliss-reactive ketones (excluding diaryl/α,β-unsaturated/α-hetero) is 1. The third kappa shape index (κ3) is 7.73. The molecular formula is C10H21NO3. The van der Waals surface area contributed by atoms with E-state index in [-0.39, 0.29) is 24.5 Å². The van der Waals surface area contributed by atoms with Crippen LogP contribution in [0.15, 0.2) is 0 Å². The van der Waals surface area contributed by atoms with Crippen LogP contribution in [0.1, 0.15) is 40.5 Å². The minimum atomic E-state index is -1.05. The van der Waals surface area contributed by atoms with E-state index >= 15 is 0 Å². The number of rotatable bonds is 5. The number of hydrogen-bond donors (Lipinski definition) is 2. The van der Waals surface area contributed by atoms with E-state index in [1.165, 1.54) is 0 Å². The number of nitrogens with two attached hydrogens (primary N) is 1. The Balaban J connectivity index is 0. The minimum absolute atomic E-state index is 0.0361. The average Bonchev–Trinajstić information content (AvgIpc) is 2.16. The standard InChI is InChI=1S/C8H15NO3.C2H6/c1-5(2)7(10)4-3-6(9)8(11)12;1-2/h5-6H,3-4,9H2,1-2H3,(H,11,12);1-2H3. The molecule has 0 fully saturated rings. The summed E-state index contributed by atoms with van der Waals surface area (Å²) < 4.78 is 0. The molecule has 0 aromatic rings. The highest BCUT2D eigenvalue weighted by atomic mass is 16.4. The van der Waals surface area contributed by atoms with Gasteiger partial charge in [-0.1, -0.05) is 27.7 Å². The van der Waals surface area contributed by atoms with E-state index in [2.05, 4.69) is 0 Å². The van der Waals surface area contributed by atoms with Crippen LogP contribution >= 0.6 is 0 Å². The summed E-state index contributed by atoms with van der Waals surface area (Å²) in [6, 6.07) is -0.910. The zero-order valence-electron chi connectivity index (χ0n) is 9.41. The van der Waals surface area contributed by atoms with Gasteiger partial charge in [0.1, 0.15) is 11.8 Å². The highest BCUT2D eigenvalue weighted by Gasteiger charge is 2.14. The van der Waals surface area contributed by atoms with Gasteiger partial charge in [-0.15, -0.1) is 0 Å². The largest absolute Gasteiger partial charge is 0.480 e. The summed E-state index contributed by atoms with van der Waals surface area (Å²) in [7, 11) is 0. The van der Waals surface area contributed by atoms with Gasteiger partial charge in [0.2, 0.25) is 0 Å². The maximum atomic E-state index is 11.0. The van der Waals surface area contributed by atoms with Crippen molar-refractivity contribution in [3.8, 4) is 0 Å². The summed E-state index contributed by atoms with van der Waals surface area (Å²) in [6.07, 6.45) is 0.484. The van der Waals surface area contributed by atoms with E-state index in [4.69, 9.17) is 10.8 Å². The van der Waals surface area contributed by atoms with Crippen molar-refractivity contribution in [1.82, 2.24) is 0 Å². The molecule has 0 amide bonds. The molecule has 3 N–H and O–H groups in total. The van der Waals surface area contributed by atoms with E-state index in [0.717, 1.165) is 0 Å². The Morgan fingerprint density at radius 1 is 1.29 bits per heavy atom. The van der Waals surface area contributed by atoms with Crippen molar-refractivity contribution in [3.05, 3.63) is 0 Å². The maximum Gasteiger partial charge on any atom is 0.320 e. The Bertz CT molecular complexity index is 178. The molecule has 1 atom stereocenters.